The molecule has 116 valence electrons. The second kappa shape index (κ2) is 8.32. The van der Waals surface area contributed by atoms with Crippen LogP contribution in [0.15, 0.2) is 48.7 Å². The third kappa shape index (κ3) is 4.41. The van der Waals surface area contributed by atoms with Crippen molar-refractivity contribution in [1.82, 2.24) is 0 Å². The van der Waals surface area contributed by atoms with Crippen LogP contribution in [0.2, 0.25) is 0 Å². The third-order valence-corrected chi connectivity index (χ3v) is 3.56. The summed E-state index contributed by atoms with van der Waals surface area (Å²) in [5.41, 5.74) is 9.02. The Labute approximate surface area is 132 Å². The Bertz CT molecular complexity index is 608. The summed E-state index contributed by atoms with van der Waals surface area (Å²) in [6, 6.07) is 14.4. The van der Waals surface area contributed by atoms with E-state index >= 15 is 0 Å². The minimum atomic E-state index is 0.160. The quantitative estimate of drug-likeness (QED) is 0.762. The molecule has 22 heavy (non-hydrogen) atoms. The van der Waals surface area contributed by atoms with Crippen LogP contribution in [-0.4, -0.2) is 31.9 Å². The highest BCUT2D eigenvalue weighted by molar-refractivity contribution is 5.68. The smallest absolute Gasteiger partial charge is 0.205 e. The van der Waals surface area contributed by atoms with Crippen LogP contribution in [0.5, 0.6) is 0 Å². The maximum Gasteiger partial charge on any atom is 0.205 e. The van der Waals surface area contributed by atoms with E-state index in [0.29, 0.717) is 13.1 Å². The molecule has 2 aromatic rings. The number of pyridine rings is 1. The number of hydrogen-bond acceptors (Lipinski definition) is 3. The summed E-state index contributed by atoms with van der Waals surface area (Å²) in [7, 11) is 1.97. The molecule has 0 saturated carbocycles. The van der Waals surface area contributed by atoms with Gasteiger partial charge in [-0.3, -0.25) is 0 Å². The number of aliphatic hydroxyl groups is 1. The van der Waals surface area contributed by atoms with E-state index in [2.05, 4.69) is 47.1 Å². The fourth-order valence-electron chi connectivity index (χ4n) is 2.28. The third-order valence-electron chi connectivity index (χ3n) is 3.56. The van der Waals surface area contributed by atoms with Crippen LogP contribution in [0.1, 0.15) is 11.3 Å². The zero-order valence-electron chi connectivity index (χ0n) is 13.0. The zero-order valence-corrected chi connectivity index (χ0v) is 13.0. The molecule has 1 aromatic heterocycles. The van der Waals surface area contributed by atoms with E-state index in [-0.39, 0.29) is 6.61 Å². The topological polar surface area (TPSA) is 53.4 Å². The van der Waals surface area contributed by atoms with Crippen molar-refractivity contribution >= 4 is 17.8 Å². The lowest BCUT2D eigenvalue weighted by Crippen LogP contribution is -2.39. The van der Waals surface area contributed by atoms with E-state index in [9.17, 15) is 0 Å². The Morgan fingerprint density at radius 1 is 1.14 bits per heavy atom. The van der Waals surface area contributed by atoms with E-state index in [4.69, 9.17) is 10.8 Å². The molecule has 0 bridgehead atoms. The SMILES string of the molecule is CN(CCO)c1ccc(/C=C/c2cccc[n+]2CCN)cc1. The van der Waals surface area contributed by atoms with E-state index < -0.39 is 0 Å². The molecule has 3 N–H and O–H groups in total. The largest absolute Gasteiger partial charge is 0.395 e. The summed E-state index contributed by atoms with van der Waals surface area (Å²) in [5, 5.41) is 8.97. The average Bonchev–Trinajstić information content (AvgIpc) is 2.55. The fourth-order valence-corrected chi connectivity index (χ4v) is 2.28. The molecule has 0 radical (unpaired) electrons. The van der Waals surface area contributed by atoms with Gasteiger partial charge in [0.05, 0.1) is 13.2 Å². The highest BCUT2D eigenvalue weighted by atomic mass is 16.3. The summed E-state index contributed by atoms with van der Waals surface area (Å²) in [5.74, 6) is 0. The van der Waals surface area contributed by atoms with Gasteiger partial charge in [-0.05, 0) is 29.8 Å². The molecule has 0 aliphatic heterocycles. The standard InChI is InChI=1S/C18H24N3O/c1-20(14-15-22)17-8-5-16(6-9-17)7-10-18-4-2-3-12-21(18)13-11-19/h2-10,12,22H,11,13-15,19H2,1H3/q+1. The van der Waals surface area contributed by atoms with Crippen LogP contribution in [-0.2, 0) is 6.54 Å². The van der Waals surface area contributed by atoms with Gasteiger partial charge >= 0.3 is 0 Å². The number of anilines is 1. The van der Waals surface area contributed by atoms with Gasteiger partial charge < -0.3 is 15.7 Å². The maximum atomic E-state index is 8.97. The van der Waals surface area contributed by atoms with Crippen molar-refractivity contribution in [3.8, 4) is 0 Å². The molecule has 4 heteroatoms. The predicted molar refractivity (Wildman–Crippen MR) is 91.4 cm³/mol. The number of benzene rings is 1. The fraction of sp³-hybridized carbons (Fsp3) is 0.278. The number of hydrogen-bond donors (Lipinski definition) is 2. The summed E-state index contributed by atoms with van der Waals surface area (Å²) < 4.78 is 2.14. The molecule has 2 rings (SSSR count). The normalized spacial score (nSPS) is 11.0. The highest BCUT2D eigenvalue weighted by Crippen LogP contribution is 2.15. The second-order valence-corrected chi connectivity index (χ2v) is 5.18. The van der Waals surface area contributed by atoms with Gasteiger partial charge in [-0.25, -0.2) is 0 Å². The van der Waals surface area contributed by atoms with Gasteiger partial charge in [-0.2, -0.15) is 4.57 Å². The van der Waals surface area contributed by atoms with Crippen molar-refractivity contribution in [2.75, 3.05) is 31.6 Å². The Kier molecular flexibility index (Phi) is 6.13. The molecule has 1 heterocycles. The number of rotatable bonds is 7. The Morgan fingerprint density at radius 3 is 2.59 bits per heavy atom. The lowest BCUT2D eigenvalue weighted by molar-refractivity contribution is -0.696. The van der Waals surface area contributed by atoms with Crippen molar-refractivity contribution in [3.63, 3.8) is 0 Å². The first-order valence-electron chi connectivity index (χ1n) is 7.53. The van der Waals surface area contributed by atoms with Gasteiger partial charge in [-0.15, -0.1) is 0 Å². The lowest BCUT2D eigenvalue weighted by atomic mass is 10.1. The van der Waals surface area contributed by atoms with Crippen LogP contribution < -0.4 is 15.2 Å². The van der Waals surface area contributed by atoms with Gasteiger partial charge in [0.15, 0.2) is 12.7 Å². The minimum Gasteiger partial charge on any atom is -0.395 e. The summed E-state index contributed by atoms with van der Waals surface area (Å²) >= 11 is 0. The first-order valence-corrected chi connectivity index (χ1v) is 7.53. The van der Waals surface area contributed by atoms with Crippen LogP contribution in [0.3, 0.4) is 0 Å². The van der Waals surface area contributed by atoms with Crippen LogP contribution in [0.4, 0.5) is 5.69 Å². The molecule has 0 unspecified atom stereocenters. The van der Waals surface area contributed by atoms with Crippen LogP contribution in [0, 0.1) is 0 Å². The Balaban J connectivity index is 2.10. The first kappa shape index (κ1) is 16.2. The number of aliphatic hydroxyl groups excluding tert-OH is 1. The maximum absolute atomic E-state index is 8.97. The molecule has 0 aliphatic carbocycles. The predicted octanol–water partition coefficient (Wildman–Crippen LogP) is 1.53. The molecule has 0 spiro atoms. The van der Waals surface area contributed by atoms with Gasteiger partial charge in [0.1, 0.15) is 0 Å². The summed E-state index contributed by atoms with van der Waals surface area (Å²) in [4.78, 5) is 2.03. The van der Waals surface area contributed by atoms with Crippen molar-refractivity contribution < 1.29 is 9.67 Å². The Hall–Kier alpha value is -2.17. The molecule has 0 fully saturated rings. The molecule has 0 aliphatic rings. The van der Waals surface area contributed by atoms with Crippen LogP contribution in [0.25, 0.3) is 12.2 Å². The minimum absolute atomic E-state index is 0.160. The van der Waals surface area contributed by atoms with Gasteiger partial charge in [0.2, 0.25) is 5.69 Å². The molecule has 1 aromatic carbocycles. The summed E-state index contributed by atoms with van der Waals surface area (Å²) in [6.45, 7) is 2.23. The molecule has 0 amide bonds. The van der Waals surface area contributed by atoms with E-state index in [1.165, 1.54) is 0 Å². The van der Waals surface area contributed by atoms with Crippen molar-refractivity contribution in [2.24, 2.45) is 5.73 Å². The van der Waals surface area contributed by atoms with E-state index in [1.54, 1.807) is 0 Å². The lowest BCUT2D eigenvalue weighted by Gasteiger charge is -2.17. The van der Waals surface area contributed by atoms with Crippen molar-refractivity contribution in [2.45, 2.75) is 6.54 Å². The number of likely N-dealkylation sites (N-methyl/N-ethyl adjacent to an activating group) is 1. The highest BCUT2D eigenvalue weighted by Gasteiger charge is 2.04. The van der Waals surface area contributed by atoms with Crippen molar-refractivity contribution in [1.29, 1.82) is 0 Å². The number of nitrogens with two attached hydrogens (primary N) is 1. The second-order valence-electron chi connectivity index (χ2n) is 5.18. The van der Waals surface area contributed by atoms with Crippen molar-refractivity contribution in [3.05, 3.63) is 59.9 Å². The molecule has 4 nitrogen and oxygen atoms in total. The van der Waals surface area contributed by atoms with E-state index in [1.807, 2.05) is 30.3 Å². The van der Waals surface area contributed by atoms with Gasteiger partial charge in [-0.1, -0.05) is 12.1 Å². The zero-order chi connectivity index (χ0) is 15.8. The monoisotopic (exact) mass is 298 g/mol. The molecular weight excluding hydrogens is 274 g/mol. The Morgan fingerprint density at radius 2 is 1.91 bits per heavy atom. The first-order chi connectivity index (χ1) is 10.7. The molecule has 0 saturated heterocycles. The van der Waals surface area contributed by atoms with Crippen LogP contribution >= 0.6 is 0 Å². The number of aromatic nitrogens is 1. The molecular formula is C18H24N3O+. The number of nitrogens with zero attached hydrogens (tertiary/aromatic N) is 2. The van der Waals surface area contributed by atoms with Gasteiger partial charge in [0, 0.05) is 37.5 Å². The van der Waals surface area contributed by atoms with E-state index in [0.717, 1.165) is 23.5 Å². The molecule has 0 atom stereocenters. The summed E-state index contributed by atoms with van der Waals surface area (Å²) in [6.07, 6.45) is 6.24. The van der Waals surface area contributed by atoms with Gasteiger partial charge in [0.25, 0.3) is 0 Å². The average molecular weight is 298 g/mol.